The summed E-state index contributed by atoms with van der Waals surface area (Å²) in [6.07, 6.45) is -4.16. The fourth-order valence-electron chi connectivity index (χ4n) is 4.36. The lowest BCUT2D eigenvalue weighted by molar-refractivity contribution is -0.375. The summed E-state index contributed by atoms with van der Waals surface area (Å²) in [6, 6.07) is 0. The van der Waals surface area contributed by atoms with Crippen LogP contribution in [-0.4, -0.2) is 24.5 Å². The fourth-order valence-corrected chi connectivity index (χ4v) is 4.36. The van der Waals surface area contributed by atoms with Gasteiger partial charge in [-0.2, -0.15) is 22.0 Å². The van der Waals surface area contributed by atoms with Gasteiger partial charge in [0.1, 0.15) is 6.10 Å². The molecule has 3 nitrogen and oxygen atoms in total. The summed E-state index contributed by atoms with van der Waals surface area (Å²) >= 11 is 0. The van der Waals surface area contributed by atoms with Gasteiger partial charge in [-0.3, -0.25) is 0 Å². The summed E-state index contributed by atoms with van der Waals surface area (Å²) in [5.41, 5.74) is 0. The molecule has 2 aliphatic rings. The average Bonchev–Trinajstić information content (AvgIpc) is 2.55. The Morgan fingerprint density at radius 1 is 0.885 bits per heavy atom. The number of halogens is 5. The van der Waals surface area contributed by atoms with E-state index in [9.17, 15) is 26.7 Å². The predicted molar refractivity (Wildman–Crippen MR) is 84.7 cm³/mol. The standard InChI is InChI=1S/C18H27F5O3/c1-2-3-12-4-6-13(7-5-12)14-8-10-15(11-9-14)25-16(24)26-18(22,23)17(19,20)21/h12-15H,2-11H2,1H3/t12-,13-,14-,15-. The largest absolute Gasteiger partial charge is 0.513 e. The van der Waals surface area contributed by atoms with Crippen LogP contribution in [0.4, 0.5) is 26.7 Å². The molecule has 8 heteroatoms. The van der Waals surface area contributed by atoms with E-state index in [-0.39, 0.29) is 0 Å². The molecule has 0 unspecified atom stereocenters. The molecular formula is C18H27F5O3. The van der Waals surface area contributed by atoms with E-state index in [1.54, 1.807) is 0 Å². The molecule has 0 aromatic carbocycles. The Labute approximate surface area is 150 Å². The number of hydrogen-bond acceptors (Lipinski definition) is 3. The molecule has 2 aliphatic carbocycles. The first-order valence-electron chi connectivity index (χ1n) is 9.46. The molecule has 0 radical (unpaired) electrons. The Kier molecular flexibility index (Phi) is 7.13. The zero-order valence-corrected chi connectivity index (χ0v) is 15.0. The van der Waals surface area contributed by atoms with Crippen molar-refractivity contribution in [3.05, 3.63) is 0 Å². The smallest absolute Gasteiger partial charge is 0.431 e. The van der Waals surface area contributed by atoms with E-state index in [0.717, 1.165) is 18.8 Å². The van der Waals surface area contributed by atoms with Crippen LogP contribution >= 0.6 is 0 Å². The van der Waals surface area contributed by atoms with Gasteiger partial charge in [0.2, 0.25) is 0 Å². The molecule has 0 aliphatic heterocycles. The minimum absolute atomic E-state index is 0.478. The SMILES string of the molecule is CCC[C@H]1CC[C@H]([C@H]2CC[C@H](OC(=O)OC(F)(F)C(F)(F)F)CC2)CC1. The topological polar surface area (TPSA) is 35.5 Å². The lowest BCUT2D eigenvalue weighted by atomic mass is 9.70. The molecule has 0 bridgehead atoms. The molecule has 26 heavy (non-hydrogen) atoms. The van der Waals surface area contributed by atoms with Gasteiger partial charge in [0, 0.05) is 0 Å². The molecule has 0 heterocycles. The van der Waals surface area contributed by atoms with Crippen molar-refractivity contribution in [2.24, 2.45) is 17.8 Å². The van der Waals surface area contributed by atoms with Crippen LogP contribution < -0.4 is 0 Å². The van der Waals surface area contributed by atoms with Crippen molar-refractivity contribution in [3.63, 3.8) is 0 Å². The van der Waals surface area contributed by atoms with Crippen LogP contribution in [0.25, 0.3) is 0 Å². The zero-order valence-electron chi connectivity index (χ0n) is 15.0. The van der Waals surface area contributed by atoms with Crippen LogP contribution in [0.5, 0.6) is 0 Å². The Morgan fingerprint density at radius 2 is 1.38 bits per heavy atom. The number of carbonyl (C=O) groups is 1. The molecule has 2 saturated carbocycles. The Bertz CT molecular complexity index is 450. The van der Waals surface area contributed by atoms with Gasteiger partial charge in [0.05, 0.1) is 0 Å². The van der Waals surface area contributed by atoms with Gasteiger partial charge < -0.3 is 9.47 Å². The summed E-state index contributed by atoms with van der Waals surface area (Å²) in [4.78, 5) is 11.2. The third kappa shape index (κ3) is 5.71. The number of carbonyl (C=O) groups excluding carboxylic acids is 1. The quantitative estimate of drug-likeness (QED) is 0.402. The summed E-state index contributed by atoms with van der Waals surface area (Å²) in [6.45, 7) is 2.20. The Hall–Kier alpha value is -1.08. The molecule has 0 aromatic rings. The van der Waals surface area contributed by atoms with Crippen molar-refractivity contribution in [3.8, 4) is 0 Å². The van der Waals surface area contributed by atoms with Gasteiger partial charge in [-0.1, -0.05) is 32.6 Å². The van der Waals surface area contributed by atoms with E-state index in [4.69, 9.17) is 0 Å². The maximum atomic E-state index is 12.7. The number of alkyl halides is 5. The van der Waals surface area contributed by atoms with Crippen molar-refractivity contribution in [2.75, 3.05) is 0 Å². The molecule has 2 rings (SSSR count). The van der Waals surface area contributed by atoms with Gasteiger partial charge in [-0.05, 0) is 56.3 Å². The highest BCUT2D eigenvalue weighted by Crippen LogP contribution is 2.42. The molecule has 0 N–H and O–H groups in total. The van der Waals surface area contributed by atoms with E-state index in [0.29, 0.717) is 24.7 Å². The Morgan fingerprint density at radius 3 is 1.85 bits per heavy atom. The molecule has 0 amide bonds. The number of rotatable bonds is 5. The van der Waals surface area contributed by atoms with Crippen molar-refractivity contribution in [1.29, 1.82) is 0 Å². The average molecular weight is 386 g/mol. The zero-order chi connectivity index (χ0) is 19.4. The summed E-state index contributed by atoms with van der Waals surface area (Å²) < 4.78 is 69.3. The van der Waals surface area contributed by atoms with Gasteiger partial charge in [-0.15, -0.1) is 0 Å². The van der Waals surface area contributed by atoms with Gasteiger partial charge in [0.25, 0.3) is 0 Å². The van der Waals surface area contributed by atoms with Crippen LogP contribution in [0.3, 0.4) is 0 Å². The monoisotopic (exact) mass is 386 g/mol. The van der Waals surface area contributed by atoms with Crippen molar-refractivity contribution < 1.29 is 36.2 Å². The first-order valence-corrected chi connectivity index (χ1v) is 9.46. The molecule has 0 aromatic heterocycles. The highest BCUT2D eigenvalue weighted by molar-refractivity contribution is 5.60. The van der Waals surface area contributed by atoms with Crippen molar-refractivity contribution in [1.82, 2.24) is 0 Å². The maximum absolute atomic E-state index is 12.7. The van der Waals surface area contributed by atoms with Gasteiger partial charge >= 0.3 is 18.4 Å². The number of hydrogen-bond donors (Lipinski definition) is 0. The minimum Gasteiger partial charge on any atom is -0.431 e. The molecule has 0 spiro atoms. The lowest BCUT2D eigenvalue weighted by Gasteiger charge is -2.37. The van der Waals surface area contributed by atoms with Crippen LogP contribution in [0.15, 0.2) is 0 Å². The molecule has 2 fully saturated rings. The molecule has 0 atom stereocenters. The van der Waals surface area contributed by atoms with Crippen LogP contribution in [0.2, 0.25) is 0 Å². The summed E-state index contributed by atoms with van der Waals surface area (Å²) in [7, 11) is 0. The third-order valence-corrected chi connectivity index (χ3v) is 5.78. The van der Waals surface area contributed by atoms with E-state index in [1.807, 2.05) is 0 Å². The molecular weight excluding hydrogens is 359 g/mol. The molecule has 152 valence electrons. The second kappa shape index (κ2) is 8.74. The highest BCUT2D eigenvalue weighted by Gasteiger charge is 2.62. The van der Waals surface area contributed by atoms with Crippen LogP contribution in [0.1, 0.15) is 71.1 Å². The van der Waals surface area contributed by atoms with E-state index in [2.05, 4.69) is 16.4 Å². The normalized spacial score (nSPS) is 30.7. The summed E-state index contributed by atoms with van der Waals surface area (Å²) in [5, 5.41) is 0. The fraction of sp³-hybridized carbons (Fsp3) is 0.944. The lowest BCUT2D eigenvalue weighted by Crippen LogP contribution is -2.41. The second-order valence-corrected chi connectivity index (χ2v) is 7.59. The van der Waals surface area contributed by atoms with Crippen LogP contribution in [0, 0.1) is 17.8 Å². The second-order valence-electron chi connectivity index (χ2n) is 7.59. The molecule has 0 saturated heterocycles. The Balaban J connectivity index is 1.71. The maximum Gasteiger partial charge on any atom is 0.513 e. The first-order chi connectivity index (χ1) is 12.1. The predicted octanol–water partition coefficient (Wildman–Crippen LogP) is 6.46. The van der Waals surface area contributed by atoms with E-state index < -0.39 is 24.5 Å². The van der Waals surface area contributed by atoms with Crippen LogP contribution in [-0.2, 0) is 9.47 Å². The number of ether oxygens (including phenoxy) is 2. The van der Waals surface area contributed by atoms with E-state index >= 15 is 0 Å². The summed E-state index contributed by atoms with van der Waals surface area (Å²) in [5.74, 6) is 1.98. The van der Waals surface area contributed by atoms with Gasteiger partial charge in [-0.25, -0.2) is 4.79 Å². The third-order valence-electron chi connectivity index (χ3n) is 5.78. The van der Waals surface area contributed by atoms with Gasteiger partial charge in [0.15, 0.2) is 0 Å². The first kappa shape index (κ1) is 21.2. The van der Waals surface area contributed by atoms with Crippen molar-refractivity contribution >= 4 is 6.16 Å². The minimum atomic E-state index is -5.94. The van der Waals surface area contributed by atoms with E-state index in [1.165, 1.54) is 38.5 Å². The van der Waals surface area contributed by atoms with Crippen molar-refractivity contribution in [2.45, 2.75) is 89.5 Å². The highest BCUT2D eigenvalue weighted by atomic mass is 19.4.